The zero-order valence-corrected chi connectivity index (χ0v) is 28.1. The molecular weight excluding hydrogens is 635 g/mol. The molecule has 0 saturated carbocycles. The molecule has 10 aromatic rings. The lowest BCUT2D eigenvalue weighted by atomic mass is 10.0. The number of para-hydroxylation sites is 2. The molecule has 52 heavy (non-hydrogen) atoms. The first-order valence-corrected chi connectivity index (χ1v) is 17.5. The van der Waals surface area contributed by atoms with Gasteiger partial charge in [0.05, 0.1) is 16.6 Å². The van der Waals surface area contributed by atoms with Crippen molar-refractivity contribution in [2.75, 3.05) is 0 Å². The van der Waals surface area contributed by atoms with Crippen LogP contribution in [0.4, 0.5) is 0 Å². The zero-order valence-electron chi connectivity index (χ0n) is 28.1. The number of benzene rings is 7. The number of hydrogen-bond acceptors (Lipinski definition) is 3. The van der Waals surface area contributed by atoms with E-state index in [9.17, 15) is 0 Å². The van der Waals surface area contributed by atoms with Crippen LogP contribution in [0.2, 0.25) is 0 Å². The Balaban J connectivity index is 1.02. The summed E-state index contributed by atoms with van der Waals surface area (Å²) in [5.74, 6) is 1.96. The summed E-state index contributed by atoms with van der Waals surface area (Å²) < 4.78 is 4.69. The van der Waals surface area contributed by atoms with E-state index >= 15 is 0 Å². The molecule has 7 aromatic carbocycles. The number of aromatic nitrogens is 5. The third kappa shape index (κ3) is 5.07. The van der Waals surface area contributed by atoms with Crippen molar-refractivity contribution in [1.29, 1.82) is 0 Å². The molecule has 0 radical (unpaired) electrons. The quantitative estimate of drug-likeness (QED) is 0.178. The van der Waals surface area contributed by atoms with Crippen LogP contribution in [-0.4, -0.2) is 24.1 Å². The minimum Gasteiger partial charge on any atom is -0.316 e. The number of hydrogen-bond donors (Lipinski definition) is 0. The van der Waals surface area contributed by atoms with Gasteiger partial charge in [0.1, 0.15) is 0 Å². The molecule has 0 amide bonds. The van der Waals surface area contributed by atoms with Crippen molar-refractivity contribution in [1.82, 2.24) is 24.1 Å². The highest BCUT2D eigenvalue weighted by Crippen LogP contribution is 2.38. The number of fused-ring (bicyclic) bond motifs is 5. The van der Waals surface area contributed by atoms with Gasteiger partial charge in [-0.25, -0.2) is 15.0 Å². The van der Waals surface area contributed by atoms with Crippen LogP contribution >= 0.6 is 0 Å². The fourth-order valence-electron chi connectivity index (χ4n) is 7.32. The molecule has 0 saturated heterocycles. The summed E-state index contributed by atoms with van der Waals surface area (Å²) in [6.07, 6.45) is 2.18. The highest BCUT2D eigenvalue weighted by atomic mass is 15.0. The minimum atomic E-state index is 0.647. The summed E-state index contributed by atoms with van der Waals surface area (Å²) in [5, 5.41) is 3.72. The van der Waals surface area contributed by atoms with E-state index < -0.39 is 0 Å². The van der Waals surface area contributed by atoms with Crippen LogP contribution in [0.1, 0.15) is 0 Å². The first kappa shape index (κ1) is 29.8. The molecule has 0 bridgehead atoms. The Morgan fingerprint density at radius 3 is 1.46 bits per heavy atom. The Morgan fingerprint density at radius 2 is 0.846 bits per heavy atom. The summed E-state index contributed by atoms with van der Waals surface area (Å²) in [4.78, 5) is 14.6. The van der Waals surface area contributed by atoms with E-state index in [1.54, 1.807) is 0 Å². The van der Waals surface area contributed by atoms with Crippen molar-refractivity contribution in [2.24, 2.45) is 0 Å². The predicted molar refractivity (Wildman–Crippen MR) is 213 cm³/mol. The smallest absolute Gasteiger partial charge is 0.164 e. The summed E-state index contributed by atoms with van der Waals surface area (Å²) in [7, 11) is 0. The average molecular weight is 666 g/mol. The third-order valence-electron chi connectivity index (χ3n) is 9.82. The monoisotopic (exact) mass is 665 g/mol. The zero-order chi connectivity index (χ0) is 34.4. The molecule has 0 aliphatic heterocycles. The maximum Gasteiger partial charge on any atom is 0.164 e. The van der Waals surface area contributed by atoms with Gasteiger partial charge in [-0.05, 0) is 53.6 Å². The van der Waals surface area contributed by atoms with E-state index in [1.165, 1.54) is 32.7 Å². The highest BCUT2D eigenvalue weighted by molar-refractivity contribution is 6.20. The highest BCUT2D eigenvalue weighted by Gasteiger charge is 2.18. The Hall–Kier alpha value is -7.11. The second-order valence-electron chi connectivity index (χ2n) is 12.9. The van der Waals surface area contributed by atoms with Crippen molar-refractivity contribution in [2.45, 2.75) is 0 Å². The Labute approximate surface area is 300 Å². The van der Waals surface area contributed by atoms with Crippen LogP contribution in [0.5, 0.6) is 0 Å². The molecule has 0 fully saturated rings. The molecule has 5 nitrogen and oxygen atoms in total. The Bertz CT molecular complexity index is 2800. The van der Waals surface area contributed by atoms with E-state index in [4.69, 9.17) is 15.0 Å². The van der Waals surface area contributed by atoms with Crippen molar-refractivity contribution in [3.05, 3.63) is 188 Å². The summed E-state index contributed by atoms with van der Waals surface area (Å²) in [5.41, 5.74) is 11.0. The Morgan fingerprint density at radius 1 is 0.346 bits per heavy atom. The third-order valence-corrected chi connectivity index (χ3v) is 9.82. The van der Waals surface area contributed by atoms with Gasteiger partial charge in [-0.15, -0.1) is 0 Å². The van der Waals surface area contributed by atoms with Gasteiger partial charge < -0.3 is 9.13 Å². The first-order valence-electron chi connectivity index (χ1n) is 17.5. The minimum absolute atomic E-state index is 0.647. The van der Waals surface area contributed by atoms with E-state index in [2.05, 4.69) is 137 Å². The van der Waals surface area contributed by atoms with Crippen LogP contribution in [-0.2, 0) is 0 Å². The SMILES string of the molecule is c1ccc(-c2nc(-c3ccccc3)nc(-c3ccc(-c4ccc(-n5c6ccccc6c6c7c(ccc65)ccn7-c5ccccc5)cc4)cc3)n2)cc1. The molecule has 0 N–H and O–H groups in total. The summed E-state index contributed by atoms with van der Waals surface area (Å²) in [6, 6.07) is 63.5. The molecule has 5 heteroatoms. The van der Waals surface area contributed by atoms with E-state index in [0.717, 1.165) is 39.2 Å². The van der Waals surface area contributed by atoms with Crippen LogP contribution in [0.3, 0.4) is 0 Å². The lowest BCUT2D eigenvalue weighted by Gasteiger charge is -2.11. The van der Waals surface area contributed by atoms with Crippen molar-refractivity contribution in [3.63, 3.8) is 0 Å². The van der Waals surface area contributed by atoms with Gasteiger partial charge in [0.15, 0.2) is 17.5 Å². The van der Waals surface area contributed by atoms with Gasteiger partial charge in [0, 0.05) is 50.4 Å². The van der Waals surface area contributed by atoms with Crippen LogP contribution < -0.4 is 0 Å². The Kier molecular flexibility index (Phi) is 7.07. The second kappa shape index (κ2) is 12.3. The van der Waals surface area contributed by atoms with Gasteiger partial charge in [0.25, 0.3) is 0 Å². The second-order valence-corrected chi connectivity index (χ2v) is 12.9. The predicted octanol–water partition coefficient (Wildman–Crippen LogP) is 11.6. The molecule has 244 valence electrons. The summed E-state index contributed by atoms with van der Waals surface area (Å²) >= 11 is 0. The molecule has 0 unspecified atom stereocenters. The van der Waals surface area contributed by atoms with E-state index in [-0.39, 0.29) is 0 Å². The van der Waals surface area contributed by atoms with E-state index in [0.29, 0.717) is 17.5 Å². The lowest BCUT2D eigenvalue weighted by Crippen LogP contribution is -2.00. The van der Waals surface area contributed by atoms with Crippen LogP contribution in [0.25, 0.3) is 89.4 Å². The summed E-state index contributed by atoms with van der Waals surface area (Å²) in [6.45, 7) is 0. The maximum atomic E-state index is 4.90. The molecule has 3 heterocycles. The first-order chi connectivity index (χ1) is 25.8. The molecule has 10 rings (SSSR count). The average Bonchev–Trinajstić information content (AvgIpc) is 3.81. The van der Waals surface area contributed by atoms with Gasteiger partial charge in [-0.2, -0.15) is 0 Å². The standard InChI is InChI=1S/C47H31N5/c1-4-12-35(13-5-1)45-48-46(36-14-6-2-7-15-36)50-47(49-45)37-22-20-32(21-23-37)33-24-27-39(28-25-33)52-41-19-11-10-18-40(41)43-42(52)29-26-34-30-31-51(44(34)43)38-16-8-3-9-17-38/h1-31H. The fourth-order valence-corrected chi connectivity index (χ4v) is 7.32. The fraction of sp³-hybridized carbons (Fsp3) is 0. The van der Waals surface area contributed by atoms with Crippen LogP contribution in [0, 0.1) is 0 Å². The van der Waals surface area contributed by atoms with Crippen molar-refractivity contribution >= 4 is 32.7 Å². The maximum absolute atomic E-state index is 4.90. The van der Waals surface area contributed by atoms with Crippen molar-refractivity contribution in [3.8, 4) is 56.7 Å². The largest absolute Gasteiger partial charge is 0.316 e. The van der Waals surface area contributed by atoms with Gasteiger partial charge in [-0.1, -0.05) is 140 Å². The molecular formula is C47H31N5. The van der Waals surface area contributed by atoms with Gasteiger partial charge >= 0.3 is 0 Å². The molecule has 3 aromatic heterocycles. The van der Waals surface area contributed by atoms with Crippen molar-refractivity contribution < 1.29 is 0 Å². The number of nitrogens with zero attached hydrogens (tertiary/aromatic N) is 5. The van der Waals surface area contributed by atoms with Gasteiger partial charge in [-0.3, -0.25) is 0 Å². The molecule has 0 aliphatic carbocycles. The molecule has 0 aliphatic rings. The van der Waals surface area contributed by atoms with Crippen LogP contribution in [0.15, 0.2) is 188 Å². The molecule has 0 atom stereocenters. The van der Waals surface area contributed by atoms with E-state index in [1.807, 2.05) is 60.7 Å². The normalized spacial score (nSPS) is 11.5. The lowest BCUT2D eigenvalue weighted by molar-refractivity contribution is 1.07. The number of rotatable bonds is 6. The van der Waals surface area contributed by atoms with Gasteiger partial charge in [0.2, 0.25) is 0 Å². The molecule has 0 spiro atoms. The topological polar surface area (TPSA) is 48.5 Å².